The van der Waals surface area contributed by atoms with Crippen LogP contribution in [-0.2, 0) is 0 Å². The molecule has 3 aromatic rings. The lowest BCUT2D eigenvalue weighted by molar-refractivity contribution is -0.123. The van der Waals surface area contributed by atoms with Gasteiger partial charge < -0.3 is 10.3 Å². The zero-order chi connectivity index (χ0) is 17.3. The molecule has 0 aliphatic rings. The molecule has 1 aromatic carbocycles. The third-order valence-electron chi connectivity index (χ3n) is 3.21. The van der Waals surface area contributed by atoms with Crippen molar-refractivity contribution in [1.82, 2.24) is 15.3 Å². The molecule has 0 fully saturated rings. The maximum Gasteiger partial charge on any atom is 0.405 e. The van der Waals surface area contributed by atoms with Crippen LogP contribution in [0, 0.1) is 0 Å². The van der Waals surface area contributed by atoms with E-state index in [0.717, 1.165) is 16.9 Å². The largest absolute Gasteiger partial charge is 0.405 e. The highest BCUT2D eigenvalue weighted by Crippen LogP contribution is 2.22. The number of thiazole rings is 1. The van der Waals surface area contributed by atoms with E-state index >= 15 is 0 Å². The number of halogens is 3. The number of carbonyl (C=O) groups is 2. The van der Waals surface area contributed by atoms with E-state index in [0.29, 0.717) is 10.9 Å². The first kappa shape index (κ1) is 16.2. The van der Waals surface area contributed by atoms with Gasteiger partial charge in [0.25, 0.3) is 5.91 Å². The van der Waals surface area contributed by atoms with Crippen molar-refractivity contribution in [2.75, 3.05) is 6.54 Å². The van der Waals surface area contributed by atoms with Gasteiger partial charge in [-0.05, 0) is 6.07 Å². The Hall–Kier alpha value is -2.68. The van der Waals surface area contributed by atoms with Gasteiger partial charge in [-0.15, -0.1) is 11.3 Å². The highest BCUT2D eigenvalue weighted by molar-refractivity contribution is 7.12. The van der Waals surface area contributed by atoms with Crippen LogP contribution >= 0.6 is 11.3 Å². The second kappa shape index (κ2) is 6.08. The van der Waals surface area contributed by atoms with Gasteiger partial charge >= 0.3 is 6.18 Å². The maximum absolute atomic E-state index is 12.5. The number of benzene rings is 1. The van der Waals surface area contributed by atoms with Gasteiger partial charge in [0, 0.05) is 22.5 Å². The molecule has 1 amide bonds. The molecule has 9 heteroatoms. The summed E-state index contributed by atoms with van der Waals surface area (Å²) in [5.41, 5.74) is 0.954. The summed E-state index contributed by atoms with van der Waals surface area (Å²) in [6.07, 6.45) is -2.97. The van der Waals surface area contributed by atoms with Gasteiger partial charge in [0.1, 0.15) is 12.2 Å². The van der Waals surface area contributed by atoms with Crippen LogP contribution in [0.3, 0.4) is 0 Å². The zero-order valence-electron chi connectivity index (χ0n) is 12.0. The zero-order valence-corrected chi connectivity index (χ0v) is 12.8. The number of aromatic nitrogens is 2. The second-order valence-corrected chi connectivity index (χ2v) is 5.77. The summed E-state index contributed by atoms with van der Waals surface area (Å²) in [7, 11) is 0. The van der Waals surface area contributed by atoms with Crippen LogP contribution in [0.2, 0.25) is 0 Å². The number of nitrogens with one attached hydrogen (secondary N) is 2. The Labute approximate surface area is 137 Å². The van der Waals surface area contributed by atoms with Gasteiger partial charge in [-0.1, -0.05) is 18.2 Å². The van der Waals surface area contributed by atoms with Crippen molar-refractivity contribution < 1.29 is 22.8 Å². The lowest BCUT2D eigenvalue weighted by Crippen LogP contribution is -2.33. The number of hydrogen-bond donors (Lipinski definition) is 2. The minimum absolute atomic E-state index is 0.0388. The molecule has 0 atom stereocenters. The van der Waals surface area contributed by atoms with Crippen molar-refractivity contribution in [1.29, 1.82) is 0 Å². The van der Waals surface area contributed by atoms with Crippen LogP contribution in [0.25, 0.3) is 10.9 Å². The molecule has 0 saturated carbocycles. The van der Waals surface area contributed by atoms with Crippen molar-refractivity contribution in [2.24, 2.45) is 0 Å². The molecule has 124 valence electrons. The predicted octanol–water partition coefficient (Wildman–Crippen LogP) is 3.15. The van der Waals surface area contributed by atoms with E-state index in [-0.39, 0.29) is 10.7 Å². The number of ketones is 1. The molecule has 2 heterocycles. The van der Waals surface area contributed by atoms with Crippen LogP contribution in [0.4, 0.5) is 13.2 Å². The number of nitrogens with zero attached hydrogens (tertiary/aromatic N) is 1. The number of carbonyl (C=O) groups excluding carboxylic acids is 2. The summed E-state index contributed by atoms with van der Waals surface area (Å²) in [4.78, 5) is 30.9. The molecular formula is C15H10F3N3O2S. The molecule has 0 unspecified atom stereocenters. The first-order chi connectivity index (χ1) is 11.3. The lowest BCUT2D eigenvalue weighted by Gasteiger charge is -2.06. The summed E-state index contributed by atoms with van der Waals surface area (Å²) < 4.78 is 36.3. The molecule has 5 nitrogen and oxygen atoms in total. The minimum Gasteiger partial charge on any atom is -0.360 e. The predicted molar refractivity (Wildman–Crippen MR) is 82.2 cm³/mol. The summed E-state index contributed by atoms with van der Waals surface area (Å²) in [6, 6.07) is 7.18. The highest BCUT2D eigenvalue weighted by Gasteiger charge is 2.28. The normalized spacial score (nSPS) is 11.6. The Balaban J connectivity index is 1.80. The van der Waals surface area contributed by atoms with Crippen molar-refractivity contribution >= 4 is 33.9 Å². The summed E-state index contributed by atoms with van der Waals surface area (Å²) in [6.45, 7) is -1.45. The molecule has 0 saturated heterocycles. The molecule has 24 heavy (non-hydrogen) atoms. The molecule has 0 spiro atoms. The van der Waals surface area contributed by atoms with E-state index < -0.39 is 24.4 Å². The van der Waals surface area contributed by atoms with E-state index in [9.17, 15) is 22.8 Å². The van der Waals surface area contributed by atoms with Crippen molar-refractivity contribution in [3.63, 3.8) is 0 Å². The van der Waals surface area contributed by atoms with Crippen LogP contribution in [0.15, 0.2) is 35.8 Å². The highest BCUT2D eigenvalue weighted by atomic mass is 32.1. The number of alkyl halides is 3. The fraction of sp³-hybridized carbons (Fsp3) is 0.133. The van der Waals surface area contributed by atoms with E-state index in [1.165, 1.54) is 11.6 Å². The SMILES string of the molecule is O=C(NCC(F)(F)F)c1csc(C(=O)c2c[nH]c3ccccc23)n1. The quantitative estimate of drug-likeness (QED) is 0.708. The fourth-order valence-electron chi connectivity index (χ4n) is 2.13. The second-order valence-electron chi connectivity index (χ2n) is 4.91. The Morgan fingerprint density at radius 2 is 2.00 bits per heavy atom. The third-order valence-corrected chi connectivity index (χ3v) is 4.06. The van der Waals surface area contributed by atoms with Gasteiger partial charge in [-0.3, -0.25) is 9.59 Å². The molecule has 0 aliphatic heterocycles. The minimum atomic E-state index is -4.51. The molecule has 3 rings (SSSR count). The Bertz CT molecular complexity index is 914. The number of aromatic amines is 1. The van der Waals surface area contributed by atoms with E-state index in [2.05, 4.69) is 9.97 Å². The molecule has 2 N–H and O–H groups in total. The molecule has 0 aliphatic carbocycles. The number of para-hydroxylation sites is 1. The number of hydrogen-bond acceptors (Lipinski definition) is 4. The molecule has 2 aromatic heterocycles. The van der Waals surface area contributed by atoms with Gasteiger partial charge in [-0.25, -0.2) is 4.98 Å². The standard InChI is InChI=1S/C15H10F3N3O2S/c16-15(17,18)7-20-13(23)11-6-24-14(21-11)12(22)9-5-19-10-4-2-1-3-8(9)10/h1-6,19H,7H2,(H,20,23). The smallest absolute Gasteiger partial charge is 0.360 e. The first-order valence-corrected chi connectivity index (χ1v) is 7.64. The summed E-state index contributed by atoms with van der Waals surface area (Å²) in [5.74, 6) is -1.37. The molecular weight excluding hydrogens is 343 g/mol. The first-order valence-electron chi connectivity index (χ1n) is 6.76. The van der Waals surface area contributed by atoms with Crippen LogP contribution in [0.5, 0.6) is 0 Å². The lowest BCUT2D eigenvalue weighted by atomic mass is 10.1. The molecule has 0 bridgehead atoms. The Morgan fingerprint density at radius 3 is 2.75 bits per heavy atom. The number of amides is 1. The van der Waals surface area contributed by atoms with E-state index in [1.807, 2.05) is 12.1 Å². The molecule has 0 radical (unpaired) electrons. The van der Waals surface area contributed by atoms with Gasteiger partial charge in [0.15, 0.2) is 5.01 Å². The number of fused-ring (bicyclic) bond motifs is 1. The average molecular weight is 353 g/mol. The van der Waals surface area contributed by atoms with Crippen molar-refractivity contribution in [3.8, 4) is 0 Å². The van der Waals surface area contributed by atoms with E-state index in [4.69, 9.17) is 0 Å². The monoisotopic (exact) mass is 353 g/mol. The number of H-pyrrole nitrogens is 1. The number of rotatable bonds is 4. The van der Waals surface area contributed by atoms with E-state index in [1.54, 1.807) is 17.4 Å². The maximum atomic E-state index is 12.5. The van der Waals surface area contributed by atoms with Crippen LogP contribution < -0.4 is 5.32 Å². The van der Waals surface area contributed by atoms with Gasteiger partial charge in [0.05, 0.1) is 5.56 Å². The van der Waals surface area contributed by atoms with Crippen LogP contribution in [-0.4, -0.2) is 34.4 Å². The van der Waals surface area contributed by atoms with Gasteiger partial charge in [-0.2, -0.15) is 13.2 Å². The van der Waals surface area contributed by atoms with Gasteiger partial charge in [0.2, 0.25) is 5.78 Å². The Morgan fingerprint density at radius 1 is 1.25 bits per heavy atom. The third kappa shape index (κ3) is 3.30. The topological polar surface area (TPSA) is 74.8 Å². The van der Waals surface area contributed by atoms with Crippen molar-refractivity contribution in [2.45, 2.75) is 6.18 Å². The fourth-order valence-corrected chi connectivity index (χ4v) is 2.88. The Kier molecular flexibility index (Phi) is 4.10. The summed E-state index contributed by atoms with van der Waals surface area (Å²) in [5, 5.41) is 3.72. The van der Waals surface area contributed by atoms with Crippen molar-refractivity contribution in [3.05, 3.63) is 52.1 Å². The summed E-state index contributed by atoms with van der Waals surface area (Å²) >= 11 is 0.910. The average Bonchev–Trinajstić information content (AvgIpc) is 3.18. The van der Waals surface area contributed by atoms with Crippen LogP contribution in [0.1, 0.15) is 25.9 Å².